The lowest BCUT2D eigenvalue weighted by Crippen LogP contribution is -1.93. The highest BCUT2D eigenvalue weighted by Gasteiger charge is 2.12. The molecule has 3 N–H and O–H groups in total. The number of aryl methyl sites for hydroxylation is 2. The molecule has 0 amide bonds. The third-order valence-corrected chi connectivity index (χ3v) is 2.28. The number of aromatic nitrogens is 1. The Morgan fingerprint density at radius 1 is 1.25 bits per heavy atom. The van der Waals surface area contributed by atoms with E-state index >= 15 is 0 Å². The predicted molar refractivity (Wildman–Crippen MR) is 51.3 cm³/mol. The fourth-order valence-corrected chi connectivity index (χ4v) is 1.74. The third-order valence-electron chi connectivity index (χ3n) is 2.28. The molecule has 0 aromatic carbocycles. The minimum absolute atomic E-state index is 0.762. The van der Waals surface area contributed by atoms with Crippen LogP contribution in [0.3, 0.4) is 0 Å². The van der Waals surface area contributed by atoms with Crippen molar-refractivity contribution in [1.29, 1.82) is 0 Å². The third kappa shape index (κ3) is 0.811. The van der Waals surface area contributed by atoms with Crippen LogP contribution in [0.25, 0.3) is 11.1 Å². The number of hydrogen-bond acceptors (Lipinski definition) is 1. The number of H-pyrrole nitrogens is 1. The summed E-state index contributed by atoms with van der Waals surface area (Å²) in [6.45, 7) is 4.19. The van der Waals surface area contributed by atoms with Crippen molar-refractivity contribution in [1.82, 2.24) is 4.98 Å². The Kier molecular flexibility index (Phi) is 1.37. The predicted octanol–water partition coefficient (Wildman–Crippen LogP) is 2.32. The Labute approximate surface area is 71.7 Å². The van der Waals surface area contributed by atoms with E-state index < -0.39 is 0 Å². The fourth-order valence-electron chi connectivity index (χ4n) is 1.74. The van der Waals surface area contributed by atoms with Crippen molar-refractivity contribution in [2.75, 3.05) is 5.73 Å². The number of nitrogens with two attached hydrogens (primary N) is 1. The molecule has 0 saturated carbocycles. The maximum absolute atomic E-state index is 5.81. The highest BCUT2D eigenvalue weighted by molar-refractivity contribution is 5.82. The summed E-state index contributed by atoms with van der Waals surface area (Å²) in [5, 5.41) is 0. The van der Waals surface area contributed by atoms with Crippen LogP contribution in [0.2, 0.25) is 0 Å². The molecule has 0 aromatic rings. The largest absolute Gasteiger partial charge is 0.385 e. The molecule has 12 heavy (non-hydrogen) atoms. The van der Waals surface area contributed by atoms with Gasteiger partial charge in [0, 0.05) is 11.8 Å². The van der Waals surface area contributed by atoms with Gasteiger partial charge in [0.2, 0.25) is 0 Å². The monoisotopic (exact) mass is 160 g/mol. The maximum Gasteiger partial charge on any atom is 0.108 e. The second-order valence-corrected chi connectivity index (χ2v) is 3.19. The zero-order chi connectivity index (χ0) is 8.72. The summed E-state index contributed by atoms with van der Waals surface area (Å²) in [4.78, 5) is 3.01. The maximum atomic E-state index is 5.81. The topological polar surface area (TPSA) is 41.8 Å². The molecule has 2 rings (SSSR count). The standard InChI is InChI=1S/C10H12N2/c1-6-5-7(2)9-8(6)3-4-12-10(9)11/h3-5,12H,11H2,1-2H3. The van der Waals surface area contributed by atoms with Crippen molar-refractivity contribution in [3.63, 3.8) is 0 Å². The number of rotatable bonds is 0. The number of nitrogen functional groups attached to an aromatic ring is 1. The number of nitrogens with one attached hydrogen (secondary N) is 1. The van der Waals surface area contributed by atoms with Crippen LogP contribution in [0.15, 0.2) is 18.3 Å². The van der Waals surface area contributed by atoms with Gasteiger partial charge in [-0.25, -0.2) is 0 Å². The zero-order valence-corrected chi connectivity index (χ0v) is 7.31. The highest BCUT2D eigenvalue weighted by atomic mass is 14.8. The molecule has 1 aliphatic carbocycles. The van der Waals surface area contributed by atoms with E-state index in [1.807, 2.05) is 6.20 Å². The minimum atomic E-state index is 0.762. The van der Waals surface area contributed by atoms with E-state index in [0.29, 0.717) is 0 Å². The molecule has 0 fully saturated rings. The molecule has 62 valence electrons. The van der Waals surface area contributed by atoms with Gasteiger partial charge in [-0.15, -0.1) is 0 Å². The number of hydrogen-bond donors (Lipinski definition) is 2. The van der Waals surface area contributed by atoms with Crippen LogP contribution in [-0.4, -0.2) is 4.98 Å². The van der Waals surface area contributed by atoms with Gasteiger partial charge in [-0.2, -0.15) is 0 Å². The van der Waals surface area contributed by atoms with E-state index in [9.17, 15) is 0 Å². The number of anilines is 1. The molecule has 2 aliphatic rings. The first-order valence-corrected chi connectivity index (χ1v) is 4.03. The van der Waals surface area contributed by atoms with Crippen LogP contribution >= 0.6 is 0 Å². The van der Waals surface area contributed by atoms with Gasteiger partial charge >= 0.3 is 0 Å². The summed E-state index contributed by atoms with van der Waals surface area (Å²) < 4.78 is 0. The summed E-state index contributed by atoms with van der Waals surface area (Å²) in [5.74, 6) is 0.762. The minimum Gasteiger partial charge on any atom is -0.385 e. The van der Waals surface area contributed by atoms with Gasteiger partial charge in [0.15, 0.2) is 0 Å². The average molecular weight is 160 g/mol. The van der Waals surface area contributed by atoms with Crippen LogP contribution in [0, 0.1) is 13.8 Å². The van der Waals surface area contributed by atoms with Crippen molar-refractivity contribution in [2.24, 2.45) is 0 Å². The van der Waals surface area contributed by atoms with Gasteiger partial charge < -0.3 is 10.7 Å². The first-order valence-electron chi connectivity index (χ1n) is 4.03. The summed E-state index contributed by atoms with van der Waals surface area (Å²) in [6.07, 6.45) is 1.88. The summed E-state index contributed by atoms with van der Waals surface area (Å²) in [6, 6.07) is 4.23. The smallest absolute Gasteiger partial charge is 0.108 e. The average Bonchev–Trinajstić information content (AvgIpc) is 2.29. The Morgan fingerprint density at radius 3 is 2.67 bits per heavy atom. The molecule has 1 aliphatic heterocycles. The molecule has 0 radical (unpaired) electrons. The van der Waals surface area contributed by atoms with Crippen LogP contribution < -0.4 is 5.73 Å². The molecule has 0 aromatic heterocycles. The SMILES string of the molecule is Cc1cc(C)c2c(N)[nH]ccc1-2. The Balaban J connectivity index is 2.85. The van der Waals surface area contributed by atoms with E-state index in [1.54, 1.807) is 0 Å². The molecule has 2 heteroatoms. The van der Waals surface area contributed by atoms with E-state index in [1.165, 1.54) is 16.7 Å². The lowest BCUT2D eigenvalue weighted by atomic mass is 10.1. The normalized spacial score (nSPS) is 10.8. The van der Waals surface area contributed by atoms with Crippen LogP contribution in [0.1, 0.15) is 11.1 Å². The molecule has 0 bridgehead atoms. The molecular formula is C10H12N2. The summed E-state index contributed by atoms with van der Waals surface area (Å²) in [5.41, 5.74) is 10.8. The molecule has 0 unspecified atom stereocenters. The second-order valence-electron chi connectivity index (χ2n) is 3.19. The zero-order valence-electron chi connectivity index (χ0n) is 7.31. The molecule has 0 saturated heterocycles. The van der Waals surface area contributed by atoms with Gasteiger partial charge in [-0.1, -0.05) is 6.07 Å². The van der Waals surface area contributed by atoms with Crippen molar-refractivity contribution >= 4 is 5.82 Å². The summed E-state index contributed by atoms with van der Waals surface area (Å²) >= 11 is 0. The number of fused-ring (bicyclic) bond motifs is 1. The fraction of sp³-hybridized carbons (Fsp3) is 0.200. The molecule has 1 heterocycles. The van der Waals surface area contributed by atoms with Crippen molar-refractivity contribution in [3.8, 4) is 11.1 Å². The van der Waals surface area contributed by atoms with Gasteiger partial charge in [0.05, 0.1) is 0 Å². The lowest BCUT2D eigenvalue weighted by molar-refractivity contribution is 1.32. The highest BCUT2D eigenvalue weighted by Crippen LogP contribution is 2.34. The van der Waals surface area contributed by atoms with Crippen molar-refractivity contribution < 1.29 is 0 Å². The van der Waals surface area contributed by atoms with Gasteiger partial charge in [-0.3, -0.25) is 0 Å². The molecule has 0 spiro atoms. The Morgan fingerprint density at radius 2 is 2.00 bits per heavy atom. The van der Waals surface area contributed by atoms with Crippen molar-refractivity contribution in [2.45, 2.75) is 13.8 Å². The molecular weight excluding hydrogens is 148 g/mol. The Hall–Kier alpha value is -1.44. The number of aromatic amines is 1. The molecule has 2 nitrogen and oxygen atoms in total. The summed E-state index contributed by atoms with van der Waals surface area (Å²) in [7, 11) is 0. The van der Waals surface area contributed by atoms with E-state index in [2.05, 4.69) is 31.0 Å². The molecule has 0 atom stereocenters. The number of pyridine rings is 1. The van der Waals surface area contributed by atoms with Crippen LogP contribution in [0.5, 0.6) is 0 Å². The first kappa shape index (κ1) is 7.22. The van der Waals surface area contributed by atoms with Gasteiger partial charge in [0.25, 0.3) is 0 Å². The van der Waals surface area contributed by atoms with Crippen LogP contribution in [-0.2, 0) is 0 Å². The van der Waals surface area contributed by atoms with E-state index in [-0.39, 0.29) is 0 Å². The van der Waals surface area contributed by atoms with E-state index in [0.717, 1.165) is 11.4 Å². The quantitative estimate of drug-likeness (QED) is 0.610. The van der Waals surface area contributed by atoms with E-state index in [4.69, 9.17) is 5.73 Å². The van der Waals surface area contributed by atoms with Gasteiger partial charge in [-0.05, 0) is 36.6 Å². The Bertz CT molecular complexity index is 387. The lowest BCUT2D eigenvalue weighted by Gasteiger charge is -2.05. The second kappa shape index (κ2) is 2.27. The van der Waals surface area contributed by atoms with Crippen LogP contribution in [0.4, 0.5) is 5.82 Å². The first-order chi connectivity index (χ1) is 5.70. The van der Waals surface area contributed by atoms with Gasteiger partial charge in [0.1, 0.15) is 5.82 Å². The van der Waals surface area contributed by atoms with Crippen molar-refractivity contribution in [3.05, 3.63) is 29.5 Å².